The van der Waals surface area contributed by atoms with Crippen LogP contribution >= 0.6 is 0 Å². The molecular weight excluding hydrogens is 375 g/mol. The summed E-state index contributed by atoms with van der Waals surface area (Å²) in [5, 5.41) is 0. The molecule has 4 nitrogen and oxygen atoms in total. The summed E-state index contributed by atoms with van der Waals surface area (Å²) in [4.78, 5) is 0. The van der Waals surface area contributed by atoms with Gasteiger partial charge >= 0.3 is 44.0 Å². The molecule has 0 aliphatic rings. The van der Waals surface area contributed by atoms with E-state index in [0.717, 1.165) is 0 Å². The van der Waals surface area contributed by atoms with Gasteiger partial charge in [-0.25, -0.2) is 0 Å². The number of rotatable bonds is 0. The summed E-state index contributed by atoms with van der Waals surface area (Å²) >= 11 is 0. The third-order valence-electron chi connectivity index (χ3n) is 0. The van der Waals surface area contributed by atoms with Gasteiger partial charge in [-0.05, 0) is 0 Å². The van der Waals surface area contributed by atoms with Gasteiger partial charge in [-0.15, -0.1) is 0 Å². The first kappa shape index (κ1) is 174. The summed E-state index contributed by atoms with van der Waals surface area (Å²) in [7, 11) is 0. The molecule has 6 heteroatoms. The second-order valence-electron chi connectivity index (χ2n) is 0. The van der Waals surface area contributed by atoms with Crippen LogP contribution in [0.4, 0.5) is 0 Å². The topological polar surface area (TPSA) is 114 Å². The van der Waals surface area contributed by atoms with Crippen LogP contribution in [0.25, 0.3) is 0 Å². The van der Waals surface area contributed by atoms with Gasteiger partial charge < -0.3 is 21.9 Å². The standard InChI is InChI=1S/Ir.4O.Sn/q+4;4*-2;+4. The molecule has 0 fully saturated rings. The second kappa shape index (κ2) is 106. The average Bonchev–Trinajstić information content (AvgIpc) is 0. The van der Waals surface area contributed by atoms with Gasteiger partial charge in [0.05, 0.1) is 0 Å². The number of hydrogen-bond acceptors (Lipinski definition) is 0. The van der Waals surface area contributed by atoms with Gasteiger partial charge in [-0.2, -0.15) is 0 Å². The molecule has 1 radical (unpaired) electrons. The normalized spacial score (nSPS) is 0. The first-order valence-corrected chi connectivity index (χ1v) is 0. The summed E-state index contributed by atoms with van der Waals surface area (Å²) in [6.07, 6.45) is 0. The van der Waals surface area contributed by atoms with Crippen molar-refractivity contribution >= 4 is 23.9 Å². The zero-order chi connectivity index (χ0) is 0. The van der Waals surface area contributed by atoms with Crippen LogP contribution in [0.15, 0.2) is 0 Å². The van der Waals surface area contributed by atoms with Crippen LogP contribution in [0, 0.1) is 0 Å². The molecule has 0 spiro atoms. The molecule has 37 valence electrons. The van der Waals surface area contributed by atoms with E-state index >= 15 is 0 Å². The Morgan fingerprint density at radius 1 is 0.500 bits per heavy atom. The molecule has 0 unspecified atom stereocenters. The number of hydrogen-bond donors (Lipinski definition) is 0. The minimum absolute atomic E-state index is 0. The van der Waals surface area contributed by atoms with Gasteiger partial charge in [0, 0.05) is 0 Å². The molecule has 0 atom stereocenters. The Bertz CT molecular complexity index is 7.51. The summed E-state index contributed by atoms with van der Waals surface area (Å²) in [6.45, 7) is 0. The molecule has 0 amide bonds. The van der Waals surface area contributed by atoms with Crippen LogP contribution in [0.1, 0.15) is 0 Å². The largest absolute Gasteiger partial charge is 4.00 e. The van der Waals surface area contributed by atoms with Crippen molar-refractivity contribution in [2.24, 2.45) is 0 Å². The summed E-state index contributed by atoms with van der Waals surface area (Å²) in [5.41, 5.74) is 0. The van der Waals surface area contributed by atoms with E-state index in [0.29, 0.717) is 0 Å². The summed E-state index contributed by atoms with van der Waals surface area (Å²) < 4.78 is 0. The molecular formula is IrO4Sn. The minimum atomic E-state index is 0. The van der Waals surface area contributed by atoms with E-state index < -0.39 is 0 Å². The molecule has 0 saturated carbocycles. The van der Waals surface area contributed by atoms with Gasteiger partial charge in [-0.3, -0.25) is 0 Å². The maximum Gasteiger partial charge on any atom is 4.00 e. The maximum absolute atomic E-state index is 0. The van der Waals surface area contributed by atoms with E-state index in [2.05, 4.69) is 0 Å². The van der Waals surface area contributed by atoms with Crippen LogP contribution in [0.3, 0.4) is 0 Å². The predicted molar refractivity (Wildman–Crippen MR) is 8.50 cm³/mol. The van der Waals surface area contributed by atoms with E-state index in [4.69, 9.17) is 0 Å². The van der Waals surface area contributed by atoms with Crippen LogP contribution in [0.5, 0.6) is 0 Å². The van der Waals surface area contributed by atoms with Crippen molar-refractivity contribution in [1.29, 1.82) is 0 Å². The fourth-order valence-electron chi connectivity index (χ4n) is 0. The molecule has 0 aliphatic carbocycles. The van der Waals surface area contributed by atoms with Gasteiger partial charge in [0.15, 0.2) is 0 Å². The smallest absolute Gasteiger partial charge is 2.00 e. The molecule has 0 aromatic carbocycles. The molecule has 0 N–H and O–H groups in total. The Hall–Kier alpha value is 1.29. The Morgan fingerprint density at radius 2 is 0.500 bits per heavy atom. The van der Waals surface area contributed by atoms with E-state index in [-0.39, 0.29) is 65.9 Å². The first-order valence-electron chi connectivity index (χ1n) is 0. The van der Waals surface area contributed by atoms with Crippen molar-refractivity contribution in [3.05, 3.63) is 0 Å². The van der Waals surface area contributed by atoms with E-state index in [1.54, 1.807) is 0 Å². The molecule has 0 heterocycles. The zero-order valence-electron chi connectivity index (χ0n) is 2.47. The maximum atomic E-state index is 0. The summed E-state index contributed by atoms with van der Waals surface area (Å²) in [6, 6.07) is 0. The zero-order valence-corrected chi connectivity index (χ0v) is 7.72. The van der Waals surface area contributed by atoms with Crippen molar-refractivity contribution in [2.75, 3.05) is 0 Å². The van der Waals surface area contributed by atoms with Crippen LogP contribution < -0.4 is 0 Å². The molecule has 6 heavy (non-hydrogen) atoms. The van der Waals surface area contributed by atoms with Crippen LogP contribution in [0.2, 0.25) is 0 Å². The first-order chi connectivity index (χ1) is 0. The predicted octanol–water partition coefficient (Wildman–Crippen LogP) is -0.859. The Kier molecular flexibility index (Phi) is 3070. The molecule has 0 rings (SSSR count). The third kappa shape index (κ3) is 58.6. The van der Waals surface area contributed by atoms with Crippen molar-refractivity contribution in [3.8, 4) is 0 Å². The quantitative estimate of drug-likeness (QED) is 0.491. The Labute approximate surface area is 65.8 Å². The molecule has 0 saturated heterocycles. The Balaban J connectivity index is 0. The van der Waals surface area contributed by atoms with Crippen LogP contribution in [-0.2, 0) is 42.0 Å². The molecule has 0 aromatic heterocycles. The van der Waals surface area contributed by atoms with Gasteiger partial charge in [-0.1, -0.05) is 0 Å². The van der Waals surface area contributed by atoms with Crippen molar-refractivity contribution in [1.82, 2.24) is 0 Å². The monoisotopic (exact) mass is 377 g/mol. The average molecular weight is 375 g/mol. The van der Waals surface area contributed by atoms with E-state index in [1.165, 1.54) is 0 Å². The minimum Gasteiger partial charge on any atom is -2.00 e. The second-order valence-corrected chi connectivity index (χ2v) is 0. The van der Waals surface area contributed by atoms with Gasteiger partial charge in [0.25, 0.3) is 0 Å². The molecule has 0 bridgehead atoms. The summed E-state index contributed by atoms with van der Waals surface area (Å²) in [5.74, 6) is 0. The fourth-order valence-corrected chi connectivity index (χ4v) is 0. The van der Waals surface area contributed by atoms with E-state index in [9.17, 15) is 0 Å². The van der Waals surface area contributed by atoms with Gasteiger partial charge in [0.2, 0.25) is 0 Å². The molecule has 0 aromatic rings. The van der Waals surface area contributed by atoms with Crippen molar-refractivity contribution < 1.29 is 42.0 Å². The van der Waals surface area contributed by atoms with Gasteiger partial charge in [0.1, 0.15) is 0 Å². The third-order valence-corrected chi connectivity index (χ3v) is 0. The SMILES string of the molecule is [Ir+4].[O-2].[O-2].[O-2].[O-2].[Sn+4]. The fraction of sp³-hybridized carbons (Fsp3) is 0. The Morgan fingerprint density at radius 3 is 0.500 bits per heavy atom. The van der Waals surface area contributed by atoms with Crippen LogP contribution in [-0.4, -0.2) is 23.9 Å². The molecule has 0 aliphatic heterocycles. The van der Waals surface area contributed by atoms with Crippen molar-refractivity contribution in [3.63, 3.8) is 0 Å². The van der Waals surface area contributed by atoms with Crippen molar-refractivity contribution in [2.45, 2.75) is 0 Å². The van der Waals surface area contributed by atoms with E-state index in [1.807, 2.05) is 0 Å².